The van der Waals surface area contributed by atoms with E-state index >= 15 is 0 Å². The molecule has 0 saturated carbocycles. The summed E-state index contributed by atoms with van der Waals surface area (Å²) in [6.45, 7) is 1.91. The second kappa shape index (κ2) is 6.18. The molecule has 0 aliphatic carbocycles. The monoisotopic (exact) mass is 246 g/mol. The maximum absolute atomic E-state index is 13.3. The van der Waals surface area contributed by atoms with E-state index in [2.05, 4.69) is 0 Å². The van der Waals surface area contributed by atoms with Crippen LogP contribution in [-0.4, -0.2) is 22.4 Å². The van der Waals surface area contributed by atoms with E-state index in [4.69, 9.17) is 11.6 Å². The molecule has 0 aromatic heterocycles. The Labute approximate surface area is 99.7 Å². The number of hydrogen-bond donors (Lipinski definition) is 2. The Morgan fingerprint density at radius 2 is 2.00 bits per heavy atom. The number of benzene rings is 1. The third-order valence-corrected chi connectivity index (χ3v) is 2.70. The van der Waals surface area contributed by atoms with Crippen molar-refractivity contribution in [3.05, 3.63) is 34.6 Å². The molecule has 1 aromatic rings. The van der Waals surface area contributed by atoms with Crippen LogP contribution in [0.25, 0.3) is 0 Å². The van der Waals surface area contributed by atoms with Gasteiger partial charge >= 0.3 is 0 Å². The second-order valence-electron chi connectivity index (χ2n) is 3.86. The fourth-order valence-electron chi connectivity index (χ4n) is 1.55. The van der Waals surface area contributed by atoms with Crippen LogP contribution in [0, 0.1) is 5.82 Å². The zero-order valence-corrected chi connectivity index (χ0v) is 9.91. The largest absolute Gasteiger partial charge is 0.390 e. The first-order chi connectivity index (χ1) is 7.54. The minimum absolute atomic E-state index is 0.0769. The molecule has 0 saturated heterocycles. The lowest BCUT2D eigenvalue weighted by atomic mass is 10.0. The van der Waals surface area contributed by atoms with Gasteiger partial charge in [0.2, 0.25) is 0 Å². The highest BCUT2D eigenvalue weighted by Gasteiger charge is 2.17. The average molecular weight is 247 g/mol. The van der Waals surface area contributed by atoms with Crippen molar-refractivity contribution in [3.63, 3.8) is 0 Å². The minimum Gasteiger partial charge on any atom is -0.390 e. The molecule has 0 spiro atoms. The quantitative estimate of drug-likeness (QED) is 0.838. The predicted molar refractivity (Wildman–Crippen MR) is 62.0 cm³/mol. The van der Waals surface area contributed by atoms with Crippen LogP contribution in [0.4, 0.5) is 4.39 Å². The summed E-state index contributed by atoms with van der Waals surface area (Å²) in [5, 5.41) is 19.6. The normalized spacial score (nSPS) is 14.8. The smallest absolute Gasteiger partial charge is 0.126 e. The standard InChI is InChI=1S/C12H16ClFO2/c1-2-3-11(15)12(16)7-8-6-9(13)4-5-10(8)14/h4-6,11-12,15-16H,2-3,7H2,1H3. The molecule has 1 aromatic carbocycles. The zero-order valence-electron chi connectivity index (χ0n) is 9.16. The van der Waals surface area contributed by atoms with Gasteiger partial charge in [0, 0.05) is 11.4 Å². The van der Waals surface area contributed by atoms with Crippen molar-refractivity contribution in [3.8, 4) is 0 Å². The highest BCUT2D eigenvalue weighted by atomic mass is 35.5. The van der Waals surface area contributed by atoms with E-state index in [0.717, 1.165) is 6.42 Å². The molecular weight excluding hydrogens is 231 g/mol. The summed E-state index contributed by atoms with van der Waals surface area (Å²) in [5.74, 6) is -0.410. The van der Waals surface area contributed by atoms with Crippen molar-refractivity contribution in [1.29, 1.82) is 0 Å². The maximum Gasteiger partial charge on any atom is 0.126 e. The van der Waals surface area contributed by atoms with Crippen molar-refractivity contribution < 1.29 is 14.6 Å². The lowest BCUT2D eigenvalue weighted by Crippen LogP contribution is -2.28. The number of halogens is 2. The van der Waals surface area contributed by atoms with Crippen molar-refractivity contribution in [2.75, 3.05) is 0 Å². The Hall–Kier alpha value is -0.640. The summed E-state index contributed by atoms with van der Waals surface area (Å²) in [4.78, 5) is 0. The molecule has 0 amide bonds. The van der Waals surface area contributed by atoms with Gasteiger partial charge in [-0.15, -0.1) is 0 Å². The lowest BCUT2D eigenvalue weighted by molar-refractivity contribution is 0.0144. The topological polar surface area (TPSA) is 40.5 Å². The summed E-state index contributed by atoms with van der Waals surface area (Å²) in [6.07, 6.45) is -0.413. The minimum atomic E-state index is -0.951. The van der Waals surface area contributed by atoms with Crippen LogP contribution in [-0.2, 0) is 6.42 Å². The third-order valence-electron chi connectivity index (χ3n) is 2.47. The van der Waals surface area contributed by atoms with Gasteiger partial charge in [-0.1, -0.05) is 24.9 Å². The molecule has 0 aliphatic heterocycles. The second-order valence-corrected chi connectivity index (χ2v) is 4.30. The molecule has 90 valence electrons. The molecule has 0 aliphatic rings. The molecule has 2 unspecified atom stereocenters. The van der Waals surface area contributed by atoms with E-state index in [9.17, 15) is 14.6 Å². The van der Waals surface area contributed by atoms with Crippen LogP contribution >= 0.6 is 11.6 Å². The van der Waals surface area contributed by atoms with Gasteiger partial charge in [0.25, 0.3) is 0 Å². The fraction of sp³-hybridized carbons (Fsp3) is 0.500. The first-order valence-electron chi connectivity index (χ1n) is 5.34. The third kappa shape index (κ3) is 3.74. The fourth-order valence-corrected chi connectivity index (χ4v) is 1.74. The molecule has 4 heteroatoms. The number of rotatable bonds is 5. The van der Waals surface area contributed by atoms with Crippen molar-refractivity contribution in [2.24, 2.45) is 0 Å². The van der Waals surface area contributed by atoms with E-state index in [1.54, 1.807) is 0 Å². The maximum atomic E-state index is 13.3. The predicted octanol–water partition coefficient (Wildman–Crippen LogP) is 2.54. The van der Waals surface area contributed by atoms with Gasteiger partial charge in [0.05, 0.1) is 12.2 Å². The lowest BCUT2D eigenvalue weighted by Gasteiger charge is -2.17. The summed E-state index contributed by atoms with van der Waals surface area (Å²) >= 11 is 5.73. The molecule has 2 nitrogen and oxygen atoms in total. The SMILES string of the molecule is CCCC(O)C(O)Cc1cc(Cl)ccc1F. The highest BCUT2D eigenvalue weighted by Crippen LogP contribution is 2.18. The van der Waals surface area contributed by atoms with Crippen LogP contribution in [0.1, 0.15) is 25.3 Å². The van der Waals surface area contributed by atoms with Crippen LogP contribution in [0.3, 0.4) is 0 Å². The Kier molecular flexibility index (Phi) is 5.19. The highest BCUT2D eigenvalue weighted by molar-refractivity contribution is 6.30. The van der Waals surface area contributed by atoms with Gasteiger partial charge in [-0.3, -0.25) is 0 Å². The molecule has 2 atom stereocenters. The van der Waals surface area contributed by atoms with Gasteiger partial charge in [-0.2, -0.15) is 0 Å². The van der Waals surface area contributed by atoms with E-state index < -0.39 is 18.0 Å². The van der Waals surface area contributed by atoms with Crippen LogP contribution in [0.5, 0.6) is 0 Å². The summed E-state index contributed by atoms with van der Waals surface area (Å²) in [7, 11) is 0. The molecule has 0 fully saturated rings. The van der Waals surface area contributed by atoms with Gasteiger partial charge in [-0.05, 0) is 30.2 Å². The summed E-state index contributed by atoms with van der Waals surface area (Å²) in [6, 6.07) is 4.19. The Morgan fingerprint density at radius 1 is 1.31 bits per heavy atom. The van der Waals surface area contributed by atoms with Crippen molar-refractivity contribution >= 4 is 11.6 Å². The first-order valence-corrected chi connectivity index (χ1v) is 5.72. The Morgan fingerprint density at radius 3 is 2.62 bits per heavy atom. The van der Waals surface area contributed by atoms with Gasteiger partial charge in [-0.25, -0.2) is 4.39 Å². The summed E-state index contributed by atoms with van der Waals surface area (Å²) in [5.41, 5.74) is 0.329. The molecule has 0 radical (unpaired) electrons. The Balaban J connectivity index is 2.68. The van der Waals surface area contributed by atoms with E-state index in [1.807, 2.05) is 6.92 Å². The zero-order chi connectivity index (χ0) is 12.1. The molecule has 16 heavy (non-hydrogen) atoms. The van der Waals surface area contributed by atoms with Gasteiger partial charge < -0.3 is 10.2 Å². The van der Waals surface area contributed by atoms with E-state index in [1.165, 1.54) is 18.2 Å². The number of aliphatic hydroxyl groups is 2. The van der Waals surface area contributed by atoms with Gasteiger partial charge in [0.1, 0.15) is 5.82 Å². The number of hydrogen-bond acceptors (Lipinski definition) is 2. The van der Waals surface area contributed by atoms with Crippen molar-refractivity contribution in [2.45, 2.75) is 38.4 Å². The molecule has 0 bridgehead atoms. The molecular formula is C12H16ClFO2. The van der Waals surface area contributed by atoms with E-state index in [-0.39, 0.29) is 6.42 Å². The van der Waals surface area contributed by atoms with E-state index in [0.29, 0.717) is 17.0 Å². The van der Waals surface area contributed by atoms with Crippen LogP contribution in [0.2, 0.25) is 5.02 Å². The molecule has 0 heterocycles. The first kappa shape index (κ1) is 13.4. The van der Waals surface area contributed by atoms with Crippen LogP contribution < -0.4 is 0 Å². The Bertz CT molecular complexity index is 344. The van der Waals surface area contributed by atoms with Crippen molar-refractivity contribution in [1.82, 2.24) is 0 Å². The van der Waals surface area contributed by atoms with Crippen LogP contribution in [0.15, 0.2) is 18.2 Å². The molecule has 2 N–H and O–H groups in total. The molecule has 1 rings (SSSR count). The van der Waals surface area contributed by atoms with Gasteiger partial charge in [0.15, 0.2) is 0 Å². The number of aliphatic hydroxyl groups excluding tert-OH is 2. The summed E-state index contributed by atoms with van der Waals surface area (Å²) < 4.78 is 13.3. The average Bonchev–Trinajstić information content (AvgIpc) is 2.23.